The van der Waals surface area contributed by atoms with Gasteiger partial charge in [0.1, 0.15) is 17.5 Å². The van der Waals surface area contributed by atoms with Gasteiger partial charge in [-0.3, -0.25) is 9.63 Å². The van der Waals surface area contributed by atoms with E-state index in [1.807, 2.05) is 6.07 Å². The van der Waals surface area contributed by atoms with Crippen LogP contribution in [-0.2, 0) is 4.84 Å². The van der Waals surface area contributed by atoms with Crippen molar-refractivity contribution >= 4 is 51.5 Å². The van der Waals surface area contributed by atoms with Crippen LogP contribution in [-0.4, -0.2) is 34.4 Å². The molecule has 0 bridgehead atoms. The molecule has 27 heavy (non-hydrogen) atoms. The summed E-state index contributed by atoms with van der Waals surface area (Å²) >= 11 is 8.30. The lowest BCUT2D eigenvalue weighted by Crippen LogP contribution is -2.46. The second-order valence-corrected chi connectivity index (χ2v) is 7.93. The summed E-state index contributed by atoms with van der Waals surface area (Å²) in [4.78, 5) is 17.7. The average molecular weight is 509 g/mol. The van der Waals surface area contributed by atoms with Gasteiger partial charge in [-0.05, 0) is 72.8 Å². The van der Waals surface area contributed by atoms with Crippen LogP contribution in [0, 0.1) is 9.39 Å². The van der Waals surface area contributed by atoms with Crippen molar-refractivity contribution in [3.63, 3.8) is 0 Å². The third kappa shape index (κ3) is 5.76. The number of rotatable bonds is 7. The van der Waals surface area contributed by atoms with E-state index in [2.05, 4.69) is 33.4 Å². The van der Waals surface area contributed by atoms with E-state index in [1.165, 1.54) is 19.9 Å². The number of hydrogen-bond acceptors (Lipinski definition) is 5. The summed E-state index contributed by atoms with van der Waals surface area (Å²) in [7, 11) is 0. The maximum absolute atomic E-state index is 13.7. The summed E-state index contributed by atoms with van der Waals surface area (Å²) in [6.07, 6.45) is -1.20. The molecular weight excluding hydrogens is 490 g/mol. The normalized spacial score (nSPS) is 12.6. The Bertz CT molecular complexity index is 835. The molecule has 0 radical (unpaired) electrons. The number of amides is 1. The Morgan fingerprint density at radius 3 is 2.63 bits per heavy atom. The fourth-order valence-corrected chi connectivity index (χ4v) is 2.98. The van der Waals surface area contributed by atoms with Crippen LogP contribution in [0.2, 0.25) is 5.02 Å². The van der Waals surface area contributed by atoms with Crippen molar-refractivity contribution in [3.05, 3.63) is 56.4 Å². The van der Waals surface area contributed by atoms with Crippen LogP contribution in [0.15, 0.2) is 36.4 Å². The average Bonchev–Trinajstić information content (AvgIpc) is 2.61. The largest absolute Gasteiger partial charge is 0.394 e. The molecule has 0 saturated carbocycles. The van der Waals surface area contributed by atoms with Crippen molar-refractivity contribution in [1.29, 1.82) is 0 Å². The molecule has 1 unspecified atom stereocenters. The molecule has 0 aromatic heterocycles. The Morgan fingerprint density at radius 2 is 2.00 bits per heavy atom. The number of nitrogens with one attached hydrogen (secondary N) is 2. The van der Waals surface area contributed by atoms with Gasteiger partial charge in [0, 0.05) is 3.57 Å². The molecule has 1 amide bonds. The van der Waals surface area contributed by atoms with Gasteiger partial charge in [0.15, 0.2) is 0 Å². The van der Waals surface area contributed by atoms with Crippen molar-refractivity contribution in [1.82, 2.24) is 5.48 Å². The van der Waals surface area contributed by atoms with Crippen LogP contribution in [0.5, 0.6) is 0 Å². The number of benzene rings is 2. The number of anilines is 2. The Labute approximate surface area is 174 Å². The summed E-state index contributed by atoms with van der Waals surface area (Å²) in [5.41, 5.74) is 1.81. The molecule has 0 spiro atoms. The topological polar surface area (TPSA) is 90.8 Å². The number of carbonyl (C=O) groups is 1. The van der Waals surface area contributed by atoms with Crippen LogP contribution >= 0.6 is 34.2 Å². The molecule has 0 aliphatic heterocycles. The Morgan fingerprint density at radius 1 is 1.30 bits per heavy atom. The van der Waals surface area contributed by atoms with E-state index in [-0.39, 0.29) is 11.3 Å². The Kier molecular flexibility index (Phi) is 7.40. The molecule has 1 atom stereocenters. The highest BCUT2D eigenvalue weighted by Crippen LogP contribution is 2.29. The molecule has 9 heteroatoms. The van der Waals surface area contributed by atoms with E-state index in [0.717, 1.165) is 15.7 Å². The number of hydroxylamine groups is 1. The predicted octanol–water partition coefficient (Wildman–Crippen LogP) is 3.62. The highest BCUT2D eigenvalue weighted by Gasteiger charge is 2.30. The zero-order valence-electron chi connectivity index (χ0n) is 14.6. The van der Waals surface area contributed by atoms with Crippen LogP contribution < -0.4 is 10.8 Å². The molecule has 2 aromatic carbocycles. The second kappa shape index (κ2) is 9.16. The number of halogens is 3. The van der Waals surface area contributed by atoms with Crippen LogP contribution in [0.3, 0.4) is 0 Å². The summed E-state index contributed by atoms with van der Waals surface area (Å²) in [6, 6.07) is 8.86. The van der Waals surface area contributed by atoms with Crippen molar-refractivity contribution in [2.75, 3.05) is 11.9 Å². The predicted molar refractivity (Wildman–Crippen MR) is 110 cm³/mol. The standard InChI is InChI=1S/C18H19ClFIN2O4/c1-18(2,16(25)9-24)27-23-17(26)12-5-3-10(20)7-15(12)22-14-6-4-11(21)8-13(14)19/h3-8,16,22,24-25H,9H2,1-2H3,(H,23,26). The lowest BCUT2D eigenvalue weighted by atomic mass is 10.0. The minimum atomic E-state index is -1.22. The second-order valence-electron chi connectivity index (χ2n) is 6.27. The lowest BCUT2D eigenvalue weighted by Gasteiger charge is -2.28. The molecule has 0 aliphatic rings. The van der Waals surface area contributed by atoms with Crippen molar-refractivity contribution < 1.29 is 24.2 Å². The van der Waals surface area contributed by atoms with Gasteiger partial charge in [-0.1, -0.05) is 11.6 Å². The third-order valence-corrected chi connectivity index (χ3v) is 4.79. The minimum Gasteiger partial charge on any atom is -0.394 e. The SMILES string of the molecule is CC(C)(ONC(=O)c1ccc(F)cc1Nc1ccc(I)cc1Cl)C(O)CO. The van der Waals surface area contributed by atoms with Gasteiger partial charge in [0.05, 0.1) is 28.6 Å². The first-order valence-electron chi connectivity index (χ1n) is 7.93. The maximum Gasteiger partial charge on any atom is 0.276 e. The smallest absolute Gasteiger partial charge is 0.276 e. The summed E-state index contributed by atoms with van der Waals surface area (Å²) in [5, 5.41) is 22.1. The molecule has 0 fully saturated rings. The number of hydrogen-bond donors (Lipinski definition) is 4. The molecule has 2 rings (SSSR count). The molecule has 0 saturated heterocycles. The Hall–Kier alpha value is -1.46. The summed E-state index contributed by atoms with van der Waals surface area (Å²) < 4.78 is 14.6. The highest BCUT2D eigenvalue weighted by atomic mass is 127. The van der Waals surface area contributed by atoms with Gasteiger partial charge in [-0.25, -0.2) is 9.87 Å². The van der Waals surface area contributed by atoms with E-state index < -0.39 is 30.0 Å². The molecule has 4 N–H and O–H groups in total. The molecule has 0 aliphatic carbocycles. The Balaban J connectivity index is 2.23. The molecule has 146 valence electrons. The summed E-state index contributed by atoms with van der Waals surface area (Å²) in [5.74, 6) is -1.19. The fourth-order valence-electron chi connectivity index (χ4n) is 2.07. The quantitative estimate of drug-likeness (QED) is 0.339. The van der Waals surface area contributed by atoms with Crippen LogP contribution in [0.4, 0.5) is 15.8 Å². The maximum atomic E-state index is 13.7. The van der Waals surface area contributed by atoms with Gasteiger partial charge in [0.2, 0.25) is 0 Å². The van der Waals surface area contributed by atoms with Gasteiger partial charge in [0.25, 0.3) is 5.91 Å². The lowest BCUT2D eigenvalue weighted by molar-refractivity contribution is -0.144. The first-order chi connectivity index (χ1) is 12.6. The third-order valence-electron chi connectivity index (χ3n) is 3.81. The monoisotopic (exact) mass is 508 g/mol. The molecule has 6 nitrogen and oxygen atoms in total. The van der Waals surface area contributed by atoms with Crippen molar-refractivity contribution in [2.24, 2.45) is 0 Å². The number of aliphatic hydroxyl groups is 2. The van der Waals surface area contributed by atoms with E-state index >= 15 is 0 Å². The van der Waals surface area contributed by atoms with Gasteiger partial charge < -0.3 is 15.5 Å². The van der Waals surface area contributed by atoms with E-state index in [4.69, 9.17) is 21.5 Å². The highest BCUT2D eigenvalue weighted by molar-refractivity contribution is 14.1. The summed E-state index contributed by atoms with van der Waals surface area (Å²) in [6.45, 7) is 2.48. The van der Waals surface area contributed by atoms with Gasteiger partial charge in [-0.15, -0.1) is 0 Å². The van der Waals surface area contributed by atoms with Crippen LogP contribution in [0.1, 0.15) is 24.2 Å². The molecule has 0 heterocycles. The zero-order chi connectivity index (χ0) is 20.2. The van der Waals surface area contributed by atoms with Gasteiger partial charge >= 0.3 is 0 Å². The fraction of sp³-hybridized carbons (Fsp3) is 0.278. The van der Waals surface area contributed by atoms with Gasteiger partial charge in [-0.2, -0.15) is 0 Å². The van der Waals surface area contributed by atoms with Crippen molar-refractivity contribution in [3.8, 4) is 0 Å². The van der Waals surface area contributed by atoms with E-state index in [1.54, 1.807) is 12.1 Å². The molecular formula is C18H19ClFIN2O4. The van der Waals surface area contributed by atoms with Crippen LogP contribution in [0.25, 0.3) is 0 Å². The number of aliphatic hydroxyl groups excluding tert-OH is 2. The van der Waals surface area contributed by atoms with Crippen molar-refractivity contribution in [2.45, 2.75) is 25.6 Å². The zero-order valence-corrected chi connectivity index (χ0v) is 17.5. The van der Waals surface area contributed by atoms with E-state index in [0.29, 0.717) is 10.7 Å². The van der Waals surface area contributed by atoms with E-state index in [9.17, 15) is 14.3 Å². The minimum absolute atomic E-state index is 0.111. The number of carbonyl (C=O) groups excluding carboxylic acids is 1. The first-order valence-corrected chi connectivity index (χ1v) is 9.38. The molecule has 2 aromatic rings. The first kappa shape index (κ1) is 21.8.